The Morgan fingerprint density at radius 3 is 2.85 bits per heavy atom. The topological polar surface area (TPSA) is 71.1 Å². The van der Waals surface area contributed by atoms with E-state index in [0.717, 1.165) is 33.2 Å². The van der Waals surface area contributed by atoms with Crippen molar-refractivity contribution in [1.82, 2.24) is 10.3 Å². The number of fused-ring (bicyclic) bond motifs is 1. The van der Waals surface area contributed by atoms with E-state index in [1.54, 1.807) is 22.7 Å². The molecule has 0 radical (unpaired) electrons. The summed E-state index contributed by atoms with van der Waals surface area (Å²) in [5.74, 6) is -0.119. The third kappa shape index (κ3) is 4.28. The standard InChI is InChI=1S/C19H19N3O2S3/c1-11(23)20-9-13-6-7-16(26-13)14-10-25-19(21-14)22-18(24)17-8-12-4-2-3-5-15(12)27-17/h6-8,10H,2-5,9H2,1H3,(H,20,23)(H,21,22,24). The highest BCUT2D eigenvalue weighted by Gasteiger charge is 2.18. The number of nitrogens with zero attached hydrogens (tertiary/aromatic N) is 1. The highest BCUT2D eigenvalue weighted by atomic mass is 32.1. The van der Waals surface area contributed by atoms with Gasteiger partial charge in [0, 0.05) is 22.1 Å². The Morgan fingerprint density at radius 2 is 2.04 bits per heavy atom. The Hall–Kier alpha value is -2.03. The minimum atomic E-state index is -0.0761. The average Bonchev–Trinajstić information content (AvgIpc) is 3.38. The second-order valence-corrected chi connectivity index (χ2v) is 9.60. The summed E-state index contributed by atoms with van der Waals surface area (Å²) in [5, 5.41) is 8.28. The molecule has 1 aliphatic carbocycles. The Morgan fingerprint density at radius 1 is 1.19 bits per heavy atom. The van der Waals surface area contributed by atoms with Crippen LogP contribution in [0.1, 0.15) is 44.8 Å². The van der Waals surface area contributed by atoms with E-state index in [9.17, 15) is 9.59 Å². The fourth-order valence-electron chi connectivity index (χ4n) is 3.03. The van der Waals surface area contributed by atoms with E-state index in [-0.39, 0.29) is 11.8 Å². The molecule has 3 aromatic rings. The molecular weight excluding hydrogens is 398 g/mol. The van der Waals surface area contributed by atoms with Crippen LogP contribution in [0.25, 0.3) is 10.6 Å². The molecule has 4 rings (SSSR count). The van der Waals surface area contributed by atoms with E-state index in [4.69, 9.17) is 0 Å². The number of carbonyl (C=O) groups excluding carboxylic acids is 2. The summed E-state index contributed by atoms with van der Waals surface area (Å²) >= 11 is 4.63. The van der Waals surface area contributed by atoms with Crippen LogP contribution in [0, 0.1) is 0 Å². The monoisotopic (exact) mass is 417 g/mol. The van der Waals surface area contributed by atoms with Gasteiger partial charge < -0.3 is 5.32 Å². The Kier molecular flexibility index (Phi) is 5.38. The molecule has 0 bridgehead atoms. The van der Waals surface area contributed by atoms with Gasteiger partial charge in [-0.1, -0.05) is 0 Å². The number of carbonyl (C=O) groups is 2. The highest BCUT2D eigenvalue weighted by molar-refractivity contribution is 7.17. The van der Waals surface area contributed by atoms with Crippen molar-refractivity contribution in [1.29, 1.82) is 0 Å². The van der Waals surface area contributed by atoms with Crippen molar-refractivity contribution in [2.75, 3.05) is 5.32 Å². The van der Waals surface area contributed by atoms with Crippen molar-refractivity contribution < 1.29 is 9.59 Å². The van der Waals surface area contributed by atoms with Crippen LogP contribution >= 0.6 is 34.0 Å². The van der Waals surface area contributed by atoms with Crippen LogP contribution in [0.2, 0.25) is 0 Å². The van der Waals surface area contributed by atoms with E-state index in [1.807, 2.05) is 23.6 Å². The molecule has 3 aromatic heterocycles. The van der Waals surface area contributed by atoms with Gasteiger partial charge in [-0.15, -0.1) is 34.0 Å². The summed E-state index contributed by atoms with van der Waals surface area (Å²) < 4.78 is 0. The number of thiazole rings is 1. The molecule has 0 aromatic carbocycles. The molecule has 2 N–H and O–H groups in total. The maximum absolute atomic E-state index is 12.6. The largest absolute Gasteiger partial charge is 0.351 e. The number of anilines is 1. The summed E-state index contributed by atoms with van der Waals surface area (Å²) in [6, 6.07) is 6.02. The molecule has 0 saturated heterocycles. The number of amides is 2. The molecule has 0 aliphatic heterocycles. The molecule has 0 atom stereocenters. The summed E-state index contributed by atoms with van der Waals surface area (Å²) in [6.07, 6.45) is 4.61. The van der Waals surface area contributed by atoms with E-state index in [2.05, 4.69) is 15.6 Å². The zero-order valence-corrected chi connectivity index (χ0v) is 17.3. The molecule has 0 fully saturated rings. The number of hydrogen-bond donors (Lipinski definition) is 2. The second-order valence-electron chi connectivity index (χ2n) is 6.43. The van der Waals surface area contributed by atoms with Crippen molar-refractivity contribution in [3.63, 3.8) is 0 Å². The Labute approximate surface area is 169 Å². The summed E-state index contributed by atoms with van der Waals surface area (Å²) in [5.41, 5.74) is 2.18. The number of nitrogens with one attached hydrogen (secondary N) is 2. The molecule has 0 spiro atoms. The van der Waals surface area contributed by atoms with Gasteiger partial charge in [0.2, 0.25) is 5.91 Å². The van der Waals surface area contributed by atoms with Crippen LogP contribution in [0.15, 0.2) is 23.6 Å². The van der Waals surface area contributed by atoms with Crippen LogP contribution in [-0.2, 0) is 24.2 Å². The molecule has 5 nitrogen and oxygen atoms in total. The summed E-state index contributed by atoms with van der Waals surface area (Å²) in [4.78, 5) is 32.4. The smallest absolute Gasteiger partial charge is 0.267 e. The molecule has 2 amide bonds. The zero-order valence-electron chi connectivity index (χ0n) is 14.8. The third-order valence-corrected chi connectivity index (χ3v) is 7.47. The van der Waals surface area contributed by atoms with E-state index in [0.29, 0.717) is 11.7 Å². The van der Waals surface area contributed by atoms with Crippen LogP contribution in [0.5, 0.6) is 0 Å². The summed E-state index contributed by atoms with van der Waals surface area (Å²) in [7, 11) is 0. The van der Waals surface area contributed by atoms with Gasteiger partial charge in [0.05, 0.1) is 22.0 Å². The second kappa shape index (κ2) is 7.92. The van der Waals surface area contributed by atoms with Crippen molar-refractivity contribution in [2.24, 2.45) is 0 Å². The van der Waals surface area contributed by atoms with Gasteiger partial charge in [0.25, 0.3) is 5.91 Å². The number of aromatic nitrogens is 1. The van der Waals surface area contributed by atoms with E-state index in [1.165, 1.54) is 41.5 Å². The van der Waals surface area contributed by atoms with Crippen LogP contribution in [-0.4, -0.2) is 16.8 Å². The van der Waals surface area contributed by atoms with Crippen molar-refractivity contribution >= 4 is 51.0 Å². The first-order valence-electron chi connectivity index (χ1n) is 8.80. The van der Waals surface area contributed by atoms with Crippen LogP contribution < -0.4 is 10.6 Å². The lowest BCUT2D eigenvalue weighted by Gasteiger charge is -2.08. The van der Waals surface area contributed by atoms with Gasteiger partial charge in [0.15, 0.2) is 5.13 Å². The van der Waals surface area contributed by atoms with Gasteiger partial charge in [-0.2, -0.15) is 0 Å². The SMILES string of the molecule is CC(=O)NCc1ccc(-c2csc(NC(=O)c3cc4c(s3)CCCC4)n2)s1. The van der Waals surface area contributed by atoms with Crippen LogP contribution in [0.3, 0.4) is 0 Å². The summed E-state index contributed by atoms with van der Waals surface area (Å²) in [6.45, 7) is 2.03. The molecule has 27 heavy (non-hydrogen) atoms. The molecule has 140 valence electrons. The van der Waals surface area contributed by atoms with Crippen molar-refractivity contribution in [3.05, 3.63) is 43.8 Å². The number of aryl methyl sites for hydroxylation is 2. The highest BCUT2D eigenvalue weighted by Crippen LogP contribution is 2.32. The van der Waals surface area contributed by atoms with E-state index < -0.39 is 0 Å². The minimum absolute atomic E-state index is 0.0427. The lowest BCUT2D eigenvalue weighted by atomic mass is 9.99. The molecule has 0 unspecified atom stereocenters. The van der Waals surface area contributed by atoms with Gasteiger partial charge in [0.1, 0.15) is 0 Å². The first-order valence-corrected chi connectivity index (χ1v) is 11.3. The first-order chi connectivity index (χ1) is 13.1. The lowest BCUT2D eigenvalue weighted by Crippen LogP contribution is -2.17. The minimum Gasteiger partial charge on any atom is -0.351 e. The molecule has 1 aliphatic rings. The van der Waals surface area contributed by atoms with Gasteiger partial charge in [-0.3, -0.25) is 14.9 Å². The Bertz CT molecular complexity index is 963. The predicted octanol–water partition coefficient (Wildman–Crippen LogP) is 4.70. The molecule has 8 heteroatoms. The number of rotatable bonds is 5. The zero-order chi connectivity index (χ0) is 18.8. The lowest BCUT2D eigenvalue weighted by molar-refractivity contribution is -0.119. The maximum atomic E-state index is 12.6. The Balaban J connectivity index is 1.42. The fourth-order valence-corrected chi connectivity index (χ4v) is 5.86. The van der Waals surface area contributed by atoms with Gasteiger partial charge in [-0.25, -0.2) is 4.98 Å². The quantitative estimate of drug-likeness (QED) is 0.632. The molecule has 3 heterocycles. The average molecular weight is 418 g/mol. The fraction of sp³-hybridized carbons (Fsp3) is 0.316. The maximum Gasteiger partial charge on any atom is 0.267 e. The van der Waals surface area contributed by atoms with Crippen molar-refractivity contribution in [3.8, 4) is 10.6 Å². The first kappa shape index (κ1) is 18.3. The van der Waals surface area contributed by atoms with Crippen molar-refractivity contribution in [2.45, 2.75) is 39.2 Å². The molecule has 0 saturated carbocycles. The molecular formula is C19H19N3O2S3. The number of hydrogen-bond acceptors (Lipinski definition) is 6. The van der Waals surface area contributed by atoms with Crippen LogP contribution in [0.4, 0.5) is 5.13 Å². The number of thiophene rings is 2. The third-order valence-electron chi connectivity index (χ3n) is 4.37. The normalized spacial score (nSPS) is 13.2. The van der Waals surface area contributed by atoms with E-state index >= 15 is 0 Å². The van der Waals surface area contributed by atoms with Gasteiger partial charge >= 0.3 is 0 Å². The predicted molar refractivity (Wildman–Crippen MR) is 112 cm³/mol. The van der Waals surface area contributed by atoms with Gasteiger partial charge in [-0.05, 0) is 49.4 Å².